The summed E-state index contributed by atoms with van der Waals surface area (Å²) in [6.45, 7) is 10.0. The van der Waals surface area contributed by atoms with Gasteiger partial charge in [0.25, 0.3) is 0 Å². The van der Waals surface area contributed by atoms with Crippen molar-refractivity contribution in [1.82, 2.24) is 19.1 Å². The first kappa shape index (κ1) is 31.4. The number of aromatic nitrogens is 4. The van der Waals surface area contributed by atoms with Crippen molar-refractivity contribution in [2.75, 3.05) is 5.75 Å². The lowest BCUT2D eigenvalue weighted by Gasteiger charge is -2.23. The minimum absolute atomic E-state index is 0.189. The van der Waals surface area contributed by atoms with Gasteiger partial charge in [-0.3, -0.25) is 18.7 Å². The van der Waals surface area contributed by atoms with Crippen molar-refractivity contribution in [2.24, 2.45) is 0 Å². The van der Waals surface area contributed by atoms with Gasteiger partial charge in [-0.05, 0) is 60.7 Å². The van der Waals surface area contributed by atoms with Gasteiger partial charge >= 0.3 is 11.9 Å². The van der Waals surface area contributed by atoms with Gasteiger partial charge in [-0.25, -0.2) is 9.97 Å². The third-order valence-electron chi connectivity index (χ3n) is 7.84. The standard InChI is InChI=1S/C36H34N4O4S2/c1-22(2)24-15-17-29(28-13-9-7-11-26(24)28)39-19-18-37-34(39)46-36(4,5)33(43)44-31-20-38-35(45-21-32(41)42)40(31)30-16-14-23(3)25-10-6-8-12-27(25)30/h6-20,22H,21H2,1-5H3,(H,41,42). The molecule has 0 bridgehead atoms. The zero-order chi connectivity index (χ0) is 32.6. The summed E-state index contributed by atoms with van der Waals surface area (Å²) in [5.74, 6) is -1.06. The minimum Gasteiger partial charge on any atom is -0.481 e. The van der Waals surface area contributed by atoms with Gasteiger partial charge in [0.05, 0.1) is 23.3 Å². The number of esters is 1. The Labute approximate surface area is 275 Å². The molecule has 0 fully saturated rings. The molecule has 0 atom stereocenters. The van der Waals surface area contributed by atoms with Crippen LogP contribution in [0, 0.1) is 6.92 Å². The molecule has 0 saturated carbocycles. The summed E-state index contributed by atoms with van der Waals surface area (Å²) in [6, 6.07) is 24.5. The van der Waals surface area contributed by atoms with E-state index in [0.29, 0.717) is 16.2 Å². The van der Waals surface area contributed by atoms with Crippen LogP contribution in [0.25, 0.3) is 32.9 Å². The molecular weight excluding hydrogens is 617 g/mol. The number of aryl methyl sites for hydroxylation is 1. The molecule has 2 aromatic heterocycles. The Morgan fingerprint density at radius 2 is 1.52 bits per heavy atom. The number of rotatable bonds is 10. The van der Waals surface area contributed by atoms with Crippen LogP contribution < -0.4 is 4.74 Å². The number of benzene rings is 4. The van der Waals surface area contributed by atoms with Gasteiger partial charge in [0.2, 0.25) is 5.88 Å². The summed E-state index contributed by atoms with van der Waals surface area (Å²) in [5, 5.41) is 14.7. The van der Waals surface area contributed by atoms with Gasteiger partial charge in [-0.15, -0.1) is 0 Å². The largest absolute Gasteiger partial charge is 0.481 e. The zero-order valence-electron chi connectivity index (χ0n) is 26.2. The number of carbonyl (C=O) groups is 2. The average molecular weight is 651 g/mol. The molecule has 8 nitrogen and oxygen atoms in total. The van der Waals surface area contributed by atoms with E-state index in [1.54, 1.807) is 24.6 Å². The molecule has 0 saturated heterocycles. The van der Waals surface area contributed by atoms with Gasteiger partial charge in [0.15, 0.2) is 10.3 Å². The van der Waals surface area contributed by atoms with E-state index in [1.807, 2.05) is 60.2 Å². The van der Waals surface area contributed by atoms with Crippen LogP contribution in [0.3, 0.4) is 0 Å². The minimum atomic E-state index is -1.05. The van der Waals surface area contributed by atoms with Crippen LogP contribution in [0.2, 0.25) is 0 Å². The van der Waals surface area contributed by atoms with Crippen molar-refractivity contribution >= 4 is 57.0 Å². The van der Waals surface area contributed by atoms with Crippen molar-refractivity contribution in [2.45, 2.75) is 55.6 Å². The molecule has 0 unspecified atom stereocenters. The predicted molar refractivity (Wildman–Crippen MR) is 185 cm³/mol. The number of aliphatic carboxylic acids is 1. The van der Waals surface area contributed by atoms with Gasteiger partial charge in [0, 0.05) is 23.2 Å². The summed E-state index contributed by atoms with van der Waals surface area (Å²) in [4.78, 5) is 34.4. The van der Waals surface area contributed by atoms with Gasteiger partial charge < -0.3 is 9.84 Å². The van der Waals surface area contributed by atoms with E-state index in [-0.39, 0.29) is 11.6 Å². The summed E-state index contributed by atoms with van der Waals surface area (Å²) in [6.07, 6.45) is 5.11. The van der Waals surface area contributed by atoms with Crippen LogP contribution in [0.15, 0.2) is 102 Å². The zero-order valence-corrected chi connectivity index (χ0v) is 27.9. The highest BCUT2D eigenvalue weighted by Gasteiger charge is 2.35. The summed E-state index contributed by atoms with van der Waals surface area (Å²) < 4.78 is 8.76. The van der Waals surface area contributed by atoms with Crippen molar-refractivity contribution < 1.29 is 19.4 Å². The average Bonchev–Trinajstić information content (AvgIpc) is 3.66. The smallest absolute Gasteiger partial charge is 0.328 e. The first-order chi connectivity index (χ1) is 22.0. The molecule has 46 heavy (non-hydrogen) atoms. The molecule has 0 amide bonds. The highest BCUT2D eigenvalue weighted by Crippen LogP contribution is 2.38. The lowest BCUT2D eigenvalue weighted by atomic mass is 9.95. The highest BCUT2D eigenvalue weighted by atomic mass is 32.2. The first-order valence-corrected chi connectivity index (χ1v) is 16.7. The van der Waals surface area contributed by atoms with Gasteiger partial charge in [-0.2, -0.15) is 0 Å². The lowest BCUT2D eigenvalue weighted by molar-refractivity contribution is -0.136. The molecule has 0 aliphatic carbocycles. The normalized spacial score (nSPS) is 11.9. The predicted octanol–water partition coefficient (Wildman–Crippen LogP) is 8.45. The molecule has 6 rings (SSSR count). The van der Waals surface area contributed by atoms with Crippen molar-refractivity contribution in [3.8, 4) is 17.3 Å². The Hall–Kier alpha value is -4.54. The number of carbonyl (C=O) groups excluding carboxylic acids is 1. The summed E-state index contributed by atoms with van der Waals surface area (Å²) in [7, 11) is 0. The fourth-order valence-corrected chi connectivity index (χ4v) is 7.18. The van der Waals surface area contributed by atoms with Gasteiger partial charge in [-0.1, -0.05) is 98.0 Å². The molecule has 0 spiro atoms. The number of nitrogens with zero attached hydrogens (tertiary/aromatic N) is 4. The third-order valence-corrected chi connectivity index (χ3v) is 9.94. The van der Waals surface area contributed by atoms with Crippen molar-refractivity contribution in [3.05, 3.63) is 103 Å². The number of thioether (sulfide) groups is 2. The number of hydrogen-bond acceptors (Lipinski definition) is 7. The molecule has 0 aliphatic heterocycles. The first-order valence-electron chi connectivity index (χ1n) is 14.9. The fourth-order valence-electron chi connectivity index (χ4n) is 5.53. The van der Waals surface area contributed by atoms with E-state index in [1.165, 1.54) is 28.9 Å². The van der Waals surface area contributed by atoms with Crippen LogP contribution in [0.1, 0.15) is 44.7 Å². The summed E-state index contributed by atoms with van der Waals surface area (Å²) in [5.41, 5.74) is 4.09. The van der Waals surface area contributed by atoms with E-state index < -0.39 is 16.7 Å². The number of carboxylic acid groups (broad SMARTS) is 1. The maximum Gasteiger partial charge on any atom is 0.328 e. The van der Waals surface area contributed by atoms with E-state index in [0.717, 1.165) is 44.9 Å². The van der Waals surface area contributed by atoms with Crippen molar-refractivity contribution in [1.29, 1.82) is 0 Å². The maximum atomic E-state index is 13.9. The van der Waals surface area contributed by atoms with Crippen LogP contribution in [0.4, 0.5) is 0 Å². The molecule has 1 N–H and O–H groups in total. The number of imidazole rings is 2. The Morgan fingerprint density at radius 3 is 2.22 bits per heavy atom. The summed E-state index contributed by atoms with van der Waals surface area (Å²) >= 11 is 2.38. The second-order valence-electron chi connectivity index (χ2n) is 11.8. The maximum absolute atomic E-state index is 13.9. The molecule has 234 valence electrons. The second-order valence-corrected chi connectivity index (χ2v) is 14.3. The molecule has 4 aromatic carbocycles. The molecule has 0 radical (unpaired) electrons. The Balaban J connectivity index is 1.34. The molecular formula is C36H34N4O4S2. The number of fused-ring (bicyclic) bond motifs is 2. The molecule has 6 aromatic rings. The van der Waals surface area contributed by atoms with Crippen LogP contribution in [0.5, 0.6) is 5.88 Å². The van der Waals surface area contributed by atoms with Gasteiger partial charge in [0.1, 0.15) is 4.75 Å². The Morgan fingerprint density at radius 1 is 0.870 bits per heavy atom. The highest BCUT2D eigenvalue weighted by molar-refractivity contribution is 8.01. The number of carboxylic acids is 1. The molecule has 10 heteroatoms. The quantitative estimate of drug-likeness (QED) is 0.117. The lowest BCUT2D eigenvalue weighted by Crippen LogP contribution is -2.33. The Bertz CT molecular complexity index is 2100. The number of hydrogen-bond donors (Lipinski definition) is 1. The van der Waals surface area contributed by atoms with E-state index >= 15 is 0 Å². The SMILES string of the molecule is Cc1ccc(-n2c(OC(=O)C(C)(C)Sc3nccn3-c3ccc(C(C)C)c4ccccc34)cnc2SCC(=O)O)c2ccccc12. The second kappa shape index (κ2) is 12.7. The Kier molecular flexibility index (Phi) is 8.67. The third kappa shape index (κ3) is 6.02. The number of ether oxygens (including phenoxy) is 1. The molecule has 0 aliphatic rings. The molecule has 2 heterocycles. The monoisotopic (exact) mass is 650 g/mol. The van der Waals surface area contributed by atoms with E-state index in [2.05, 4.69) is 54.1 Å². The van der Waals surface area contributed by atoms with Crippen LogP contribution in [-0.4, -0.2) is 46.6 Å². The topological polar surface area (TPSA) is 99.2 Å². The van der Waals surface area contributed by atoms with Crippen LogP contribution >= 0.6 is 23.5 Å². The van der Waals surface area contributed by atoms with Crippen molar-refractivity contribution in [3.63, 3.8) is 0 Å². The van der Waals surface area contributed by atoms with E-state index in [9.17, 15) is 14.7 Å². The fraction of sp³-hybridized carbons (Fsp3) is 0.222. The van der Waals surface area contributed by atoms with E-state index in [4.69, 9.17) is 4.74 Å². The van der Waals surface area contributed by atoms with Crippen LogP contribution in [-0.2, 0) is 9.59 Å².